The van der Waals surface area contributed by atoms with E-state index in [0.29, 0.717) is 5.82 Å². The second-order valence-corrected chi connectivity index (χ2v) is 14.1. The van der Waals surface area contributed by atoms with Crippen LogP contribution < -0.4 is 0 Å². The van der Waals surface area contributed by atoms with Gasteiger partial charge < -0.3 is 0 Å². The molecule has 0 aliphatic rings. The fourth-order valence-corrected chi connectivity index (χ4v) is 8.74. The molecule has 0 radical (unpaired) electrons. The van der Waals surface area contributed by atoms with Crippen LogP contribution in [0.15, 0.2) is 176 Å². The number of fused-ring (bicyclic) bond motifs is 3. The third kappa shape index (κ3) is 5.68. The van der Waals surface area contributed by atoms with E-state index < -0.39 is 0 Å². The summed E-state index contributed by atoms with van der Waals surface area (Å²) in [7, 11) is 0. The summed E-state index contributed by atoms with van der Waals surface area (Å²) in [4.78, 5) is 15.5. The predicted octanol–water partition coefficient (Wildman–Crippen LogP) is 11.2. The molecule has 0 aliphatic carbocycles. The zero-order valence-corrected chi connectivity index (χ0v) is 28.2. The smallest absolute Gasteiger partial charge is 0.0544 e. The van der Waals surface area contributed by atoms with E-state index in [-0.39, 0.29) is 14.5 Å². The van der Waals surface area contributed by atoms with Crippen molar-refractivity contribution in [1.29, 1.82) is 0 Å². The molecule has 0 amide bonds. The van der Waals surface area contributed by atoms with Crippen molar-refractivity contribution in [3.8, 4) is 66.3 Å². The Morgan fingerprint density at radius 2 is 0.837 bits per heavy atom. The minimum absolute atomic E-state index is 0.101. The number of hydrogen-bond donors (Lipinski definition) is 0. The Labute approximate surface area is 291 Å². The number of rotatable bonds is 6. The van der Waals surface area contributed by atoms with E-state index >= 15 is 0 Å². The molecule has 0 atom stereocenters. The van der Waals surface area contributed by atoms with Crippen molar-refractivity contribution in [2.24, 2.45) is 0 Å². The summed E-state index contributed by atoms with van der Waals surface area (Å²) in [5, 5.41) is 2.37. The van der Waals surface area contributed by atoms with Gasteiger partial charge in [-0.3, -0.25) is 0 Å². The first kappa shape index (κ1) is 29.2. The van der Waals surface area contributed by atoms with Crippen LogP contribution in [-0.4, -0.2) is 29.5 Å². The topological polar surface area (TPSA) is 38.7 Å². The summed E-state index contributed by atoms with van der Waals surface area (Å²) in [5.74, 6) is 0.715. The van der Waals surface area contributed by atoms with Gasteiger partial charge in [0.2, 0.25) is 0 Å². The summed E-state index contributed by atoms with van der Waals surface area (Å²) >= 11 is 0.101. The van der Waals surface area contributed by atoms with Crippen LogP contribution in [0.4, 0.5) is 0 Å². The largest absolute Gasteiger partial charge is 0.0617 e. The average Bonchev–Trinajstić information content (AvgIpc) is 3.64. The van der Waals surface area contributed by atoms with Crippen molar-refractivity contribution in [1.82, 2.24) is 15.0 Å². The van der Waals surface area contributed by atoms with Gasteiger partial charge in [0.05, 0.1) is 0 Å². The standard InChI is InChI=1S/C45H29N3Se/c1-4-11-30(12-5-1)32-19-23-34(24-20-32)41-29-42(35-25-21-33(22-26-35)31-13-6-2-7-14-31)47-44(46-41)39-18-10-17-38-37(39)27-28-40-43(38)49-45(48-40)36-15-8-3-9-16-36/h1-29H. The summed E-state index contributed by atoms with van der Waals surface area (Å²) in [5.41, 5.74) is 11.9. The quantitative estimate of drug-likeness (QED) is 0.163. The molecule has 0 aliphatic heterocycles. The molecule has 0 bridgehead atoms. The van der Waals surface area contributed by atoms with Crippen LogP contribution >= 0.6 is 0 Å². The van der Waals surface area contributed by atoms with Gasteiger partial charge in [-0.1, -0.05) is 60.7 Å². The van der Waals surface area contributed by atoms with Crippen LogP contribution in [0.5, 0.6) is 0 Å². The molecule has 7 aromatic carbocycles. The molecule has 9 aromatic rings. The Hall–Kier alpha value is -5.93. The molecule has 9 rings (SSSR count). The summed E-state index contributed by atoms with van der Waals surface area (Å²) in [6.07, 6.45) is 0. The molecule has 230 valence electrons. The van der Waals surface area contributed by atoms with E-state index in [9.17, 15) is 0 Å². The van der Waals surface area contributed by atoms with Crippen molar-refractivity contribution >= 4 is 35.1 Å². The Morgan fingerprint density at radius 1 is 0.347 bits per heavy atom. The van der Waals surface area contributed by atoms with E-state index in [1.807, 2.05) is 12.1 Å². The van der Waals surface area contributed by atoms with Crippen molar-refractivity contribution in [2.75, 3.05) is 0 Å². The molecule has 0 fully saturated rings. The van der Waals surface area contributed by atoms with Gasteiger partial charge in [0.25, 0.3) is 0 Å². The minimum Gasteiger partial charge on any atom is -0.0617 e. The first-order chi connectivity index (χ1) is 24.3. The maximum atomic E-state index is 5.24. The fraction of sp³-hybridized carbons (Fsp3) is 0. The van der Waals surface area contributed by atoms with Crippen molar-refractivity contribution in [3.05, 3.63) is 176 Å². The molecule has 49 heavy (non-hydrogen) atoms. The monoisotopic (exact) mass is 691 g/mol. The van der Waals surface area contributed by atoms with Crippen LogP contribution in [0.25, 0.3) is 86.8 Å². The maximum absolute atomic E-state index is 5.24. The first-order valence-corrected chi connectivity index (χ1v) is 18.1. The summed E-state index contributed by atoms with van der Waals surface area (Å²) in [6, 6.07) is 61.8. The van der Waals surface area contributed by atoms with Gasteiger partial charge >= 0.3 is 232 Å². The second kappa shape index (κ2) is 12.6. The van der Waals surface area contributed by atoms with E-state index in [4.69, 9.17) is 15.0 Å². The number of hydrogen-bond acceptors (Lipinski definition) is 3. The van der Waals surface area contributed by atoms with Gasteiger partial charge in [0.15, 0.2) is 0 Å². The molecular weight excluding hydrogens is 661 g/mol. The Bertz CT molecular complexity index is 2460. The van der Waals surface area contributed by atoms with E-state index in [0.717, 1.165) is 39.0 Å². The summed E-state index contributed by atoms with van der Waals surface area (Å²) in [6.45, 7) is 0. The SMILES string of the molecule is c1ccc(-c2ccc(-c3cc(-c4ccc(-c5ccccc5)cc4)nc(-c4cccc5c4ccc4nc(-c6ccccc6)[se]c45)n3)cc2)cc1. The van der Waals surface area contributed by atoms with Crippen LogP contribution in [-0.2, 0) is 0 Å². The normalized spacial score (nSPS) is 11.3. The van der Waals surface area contributed by atoms with E-state index in [1.54, 1.807) is 0 Å². The molecule has 0 saturated heterocycles. The van der Waals surface area contributed by atoms with Crippen molar-refractivity contribution in [2.45, 2.75) is 0 Å². The van der Waals surface area contributed by atoms with Gasteiger partial charge in [-0.2, -0.15) is 0 Å². The second-order valence-electron chi connectivity index (χ2n) is 12.0. The third-order valence-corrected chi connectivity index (χ3v) is 11.4. The van der Waals surface area contributed by atoms with Crippen LogP contribution in [0.2, 0.25) is 0 Å². The first-order valence-electron chi connectivity index (χ1n) is 16.4. The molecule has 2 heterocycles. The van der Waals surface area contributed by atoms with Gasteiger partial charge in [-0.15, -0.1) is 0 Å². The average molecular weight is 691 g/mol. The van der Waals surface area contributed by atoms with Crippen LogP contribution in [0.3, 0.4) is 0 Å². The Kier molecular flexibility index (Phi) is 7.51. The van der Waals surface area contributed by atoms with Gasteiger partial charge in [0, 0.05) is 0 Å². The van der Waals surface area contributed by atoms with Crippen molar-refractivity contribution < 1.29 is 0 Å². The van der Waals surface area contributed by atoms with Gasteiger partial charge in [-0.05, 0) is 0 Å². The number of aromatic nitrogens is 3. The molecule has 3 nitrogen and oxygen atoms in total. The Morgan fingerprint density at radius 3 is 1.39 bits per heavy atom. The molecule has 0 spiro atoms. The van der Waals surface area contributed by atoms with E-state index in [2.05, 4.69) is 164 Å². The summed E-state index contributed by atoms with van der Waals surface area (Å²) < 4.78 is 2.48. The Balaban J connectivity index is 1.18. The third-order valence-electron chi connectivity index (χ3n) is 8.98. The fourth-order valence-electron chi connectivity index (χ4n) is 6.43. The molecule has 0 unspecified atom stereocenters. The molecule has 2 aromatic heterocycles. The van der Waals surface area contributed by atoms with E-state index in [1.165, 1.54) is 42.0 Å². The van der Waals surface area contributed by atoms with Gasteiger partial charge in [-0.25, -0.2) is 0 Å². The van der Waals surface area contributed by atoms with Gasteiger partial charge in [0.1, 0.15) is 0 Å². The van der Waals surface area contributed by atoms with Crippen LogP contribution in [0.1, 0.15) is 0 Å². The zero-order valence-electron chi connectivity index (χ0n) is 26.5. The number of benzene rings is 7. The zero-order chi connectivity index (χ0) is 32.6. The molecule has 4 heteroatoms. The maximum Gasteiger partial charge on any atom is -0.0544 e. The number of nitrogens with zero attached hydrogens (tertiary/aromatic N) is 3. The molecular formula is C45H29N3Se. The molecule has 0 N–H and O–H groups in total. The van der Waals surface area contributed by atoms with Crippen molar-refractivity contribution in [3.63, 3.8) is 0 Å². The predicted molar refractivity (Wildman–Crippen MR) is 204 cm³/mol. The minimum atomic E-state index is 0.101. The molecule has 0 saturated carbocycles. The van der Waals surface area contributed by atoms with Crippen LogP contribution in [0, 0.1) is 0 Å².